The van der Waals surface area contributed by atoms with Crippen LogP contribution in [0, 0.1) is 0 Å². The summed E-state index contributed by atoms with van der Waals surface area (Å²) in [5.74, 6) is 0. The molecule has 0 bridgehead atoms. The Hall–Kier alpha value is -0.900. The second-order valence-electron chi connectivity index (χ2n) is 5.74. The first-order chi connectivity index (χ1) is 8.88. The highest BCUT2D eigenvalue weighted by molar-refractivity contribution is 5.29. The Morgan fingerprint density at radius 2 is 1.94 bits per heavy atom. The summed E-state index contributed by atoms with van der Waals surface area (Å²) in [6.45, 7) is 11.4. The first kappa shape index (κ1) is 12.2. The number of nitrogens with two attached hydrogens (primary N) is 1. The van der Waals surface area contributed by atoms with Crippen molar-refractivity contribution >= 4 is 0 Å². The molecule has 1 aromatic rings. The molecular weight excluding hydrogens is 222 g/mol. The summed E-state index contributed by atoms with van der Waals surface area (Å²) >= 11 is 0. The van der Waals surface area contributed by atoms with Gasteiger partial charge in [0.05, 0.1) is 6.54 Å². The number of quaternary nitrogens is 3. The highest BCUT2D eigenvalue weighted by Crippen LogP contribution is 2.16. The number of hydrogen-bond acceptors (Lipinski definition) is 0. The van der Waals surface area contributed by atoms with Crippen LogP contribution < -0.4 is 15.1 Å². The predicted octanol–water partition coefficient (Wildman–Crippen LogP) is -2.39. The normalized spacial score (nSPS) is 31.9. The standard InChI is InChI=1S/C15H23N3/c1-2-17-7-9-18(10-8-17)15-12-16-11-13-5-3-4-6-14(13)15/h3-6,15-16H,2,7-12H2,1H3/p+3/t15-/m1/s1. The molecule has 3 rings (SSSR count). The van der Waals surface area contributed by atoms with Crippen LogP contribution in [0.25, 0.3) is 0 Å². The van der Waals surface area contributed by atoms with E-state index in [9.17, 15) is 0 Å². The van der Waals surface area contributed by atoms with Crippen LogP contribution in [0.5, 0.6) is 0 Å². The highest BCUT2D eigenvalue weighted by Gasteiger charge is 2.34. The molecule has 1 fully saturated rings. The van der Waals surface area contributed by atoms with Gasteiger partial charge in [-0.3, -0.25) is 0 Å². The molecule has 98 valence electrons. The fourth-order valence-electron chi connectivity index (χ4n) is 3.61. The van der Waals surface area contributed by atoms with Crippen LogP contribution in [0.3, 0.4) is 0 Å². The fraction of sp³-hybridized carbons (Fsp3) is 0.600. The van der Waals surface area contributed by atoms with Crippen molar-refractivity contribution in [1.29, 1.82) is 0 Å². The van der Waals surface area contributed by atoms with Crippen LogP contribution in [-0.2, 0) is 6.54 Å². The highest BCUT2D eigenvalue weighted by atomic mass is 15.3. The molecule has 1 atom stereocenters. The monoisotopic (exact) mass is 248 g/mol. The number of likely N-dealkylation sites (N-methyl/N-ethyl adjacent to an activating group) is 1. The minimum Gasteiger partial charge on any atom is -0.337 e. The molecule has 0 saturated carbocycles. The summed E-state index contributed by atoms with van der Waals surface area (Å²) in [4.78, 5) is 3.60. The average molecular weight is 248 g/mol. The molecule has 2 aliphatic heterocycles. The summed E-state index contributed by atoms with van der Waals surface area (Å²) in [6.07, 6.45) is 0. The molecule has 0 aliphatic carbocycles. The van der Waals surface area contributed by atoms with Gasteiger partial charge < -0.3 is 15.1 Å². The van der Waals surface area contributed by atoms with Crippen LogP contribution in [-0.4, -0.2) is 39.3 Å². The Morgan fingerprint density at radius 1 is 1.17 bits per heavy atom. The van der Waals surface area contributed by atoms with Gasteiger partial charge in [-0.25, -0.2) is 0 Å². The SMILES string of the molecule is CC[NH+]1CC[NH+]([C@@H]2C[NH2+]Cc3ccccc32)CC1. The third kappa shape index (κ3) is 2.30. The molecule has 0 unspecified atom stereocenters. The first-order valence-electron chi connectivity index (χ1n) is 7.46. The molecule has 3 heteroatoms. The summed E-state index contributed by atoms with van der Waals surface area (Å²) < 4.78 is 0. The van der Waals surface area contributed by atoms with E-state index in [1.165, 1.54) is 45.8 Å². The van der Waals surface area contributed by atoms with Crippen molar-refractivity contribution in [2.45, 2.75) is 19.5 Å². The zero-order chi connectivity index (χ0) is 12.4. The Morgan fingerprint density at radius 3 is 2.72 bits per heavy atom. The Balaban J connectivity index is 1.74. The lowest BCUT2D eigenvalue weighted by Crippen LogP contribution is -3.28. The van der Waals surface area contributed by atoms with Crippen LogP contribution in [0.4, 0.5) is 0 Å². The van der Waals surface area contributed by atoms with Crippen LogP contribution in [0.2, 0.25) is 0 Å². The minimum absolute atomic E-state index is 0.730. The molecule has 2 aliphatic rings. The summed E-state index contributed by atoms with van der Waals surface area (Å²) in [5, 5.41) is 2.49. The molecule has 2 heterocycles. The number of rotatable bonds is 2. The summed E-state index contributed by atoms with van der Waals surface area (Å²) in [6, 6.07) is 9.80. The van der Waals surface area contributed by atoms with E-state index in [1.807, 2.05) is 4.90 Å². The Labute approximate surface area is 110 Å². The van der Waals surface area contributed by atoms with E-state index in [-0.39, 0.29) is 0 Å². The second-order valence-corrected chi connectivity index (χ2v) is 5.74. The molecule has 0 radical (unpaired) electrons. The average Bonchev–Trinajstić information content (AvgIpc) is 2.47. The number of fused-ring (bicyclic) bond motifs is 1. The van der Waals surface area contributed by atoms with Crippen LogP contribution in [0.15, 0.2) is 24.3 Å². The lowest BCUT2D eigenvalue weighted by atomic mass is 9.95. The van der Waals surface area contributed by atoms with Crippen molar-refractivity contribution in [3.05, 3.63) is 35.4 Å². The van der Waals surface area contributed by atoms with Gasteiger partial charge in [0.2, 0.25) is 0 Å². The van der Waals surface area contributed by atoms with E-state index in [0.29, 0.717) is 0 Å². The quantitative estimate of drug-likeness (QED) is 0.521. The topological polar surface area (TPSA) is 25.5 Å². The lowest BCUT2D eigenvalue weighted by molar-refractivity contribution is -1.03. The number of benzene rings is 1. The van der Waals surface area contributed by atoms with Crippen molar-refractivity contribution in [3.8, 4) is 0 Å². The lowest BCUT2D eigenvalue weighted by Gasteiger charge is -2.35. The smallest absolute Gasteiger partial charge is 0.163 e. The molecule has 1 saturated heterocycles. The maximum absolute atomic E-state index is 2.49. The van der Waals surface area contributed by atoms with E-state index in [0.717, 1.165) is 6.04 Å². The van der Waals surface area contributed by atoms with Gasteiger partial charge >= 0.3 is 0 Å². The third-order valence-electron chi connectivity index (χ3n) is 4.79. The fourth-order valence-corrected chi connectivity index (χ4v) is 3.61. The van der Waals surface area contributed by atoms with E-state index < -0.39 is 0 Å². The van der Waals surface area contributed by atoms with Gasteiger partial charge in [-0.2, -0.15) is 0 Å². The van der Waals surface area contributed by atoms with Crippen molar-refractivity contribution in [3.63, 3.8) is 0 Å². The second kappa shape index (κ2) is 5.39. The van der Waals surface area contributed by atoms with E-state index in [1.54, 1.807) is 16.0 Å². The zero-order valence-corrected chi connectivity index (χ0v) is 11.4. The van der Waals surface area contributed by atoms with Gasteiger partial charge in [0, 0.05) is 11.1 Å². The Kier molecular flexibility index (Phi) is 3.64. The van der Waals surface area contributed by atoms with Crippen molar-refractivity contribution < 1.29 is 15.1 Å². The van der Waals surface area contributed by atoms with E-state index >= 15 is 0 Å². The van der Waals surface area contributed by atoms with Gasteiger partial charge in [0.15, 0.2) is 6.04 Å². The number of piperazine rings is 1. The molecule has 0 spiro atoms. The molecule has 4 N–H and O–H groups in total. The van der Waals surface area contributed by atoms with Gasteiger partial charge in [-0.1, -0.05) is 24.3 Å². The van der Waals surface area contributed by atoms with Crippen molar-refractivity contribution in [1.82, 2.24) is 0 Å². The van der Waals surface area contributed by atoms with Gasteiger partial charge in [-0.05, 0) is 6.92 Å². The predicted molar refractivity (Wildman–Crippen MR) is 71.6 cm³/mol. The molecule has 18 heavy (non-hydrogen) atoms. The Bertz CT molecular complexity index is 396. The molecule has 0 aromatic heterocycles. The van der Waals surface area contributed by atoms with Crippen LogP contribution in [0.1, 0.15) is 24.1 Å². The van der Waals surface area contributed by atoms with Gasteiger partial charge in [0.1, 0.15) is 39.3 Å². The van der Waals surface area contributed by atoms with Crippen LogP contribution >= 0.6 is 0 Å². The first-order valence-corrected chi connectivity index (χ1v) is 7.46. The zero-order valence-electron chi connectivity index (χ0n) is 11.4. The van der Waals surface area contributed by atoms with Gasteiger partial charge in [0.25, 0.3) is 0 Å². The van der Waals surface area contributed by atoms with E-state index in [2.05, 4.69) is 36.5 Å². The summed E-state index contributed by atoms with van der Waals surface area (Å²) in [5.41, 5.74) is 3.18. The largest absolute Gasteiger partial charge is 0.337 e. The van der Waals surface area contributed by atoms with Gasteiger partial charge in [-0.15, -0.1) is 0 Å². The number of hydrogen-bond donors (Lipinski definition) is 3. The summed E-state index contributed by atoms with van der Waals surface area (Å²) in [7, 11) is 0. The van der Waals surface area contributed by atoms with E-state index in [4.69, 9.17) is 0 Å². The maximum Gasteiger partial charge on any atom is 0.163 e. The molecule has 3 nitrogen and oxygen atoms in total. The van der Waals surface area contributed by atoms with Crippen molar-refractivity contribution in [2.75, 3.05) is 39.3 Å². The third-order valence-corrected chi connectivity index (χ3v) is 4.79. The molecule has 1 aromatic carbocycles. The van der Waals surface area contributed by atoms with Crippen molar-refractivity contribution in [2.24, 2.45) is 0 Å². The molecule has 0 amide bonds. The number of nitrogens with one attached hydrogen (secondary N) is 2. The minimum atomic E-state index is 0.730. The molecular formula is C15H26N3+3. The maximum atomic E-state index is 2.49.